The summed E-state index contributed by atoms with van der Waals surface area (Å²) in [6.45, 7) is 2.12. The van der Waals surface area contributed by atoms with E-state index in [1.165, 1.54) is 5.57 Å². The molecule has 1 aliphatic carbocycles. The van der Waals surface area contributed by atoms with E-state index in [2.05, 4.69) is 19.4 Å². The molecule has 0 heteroatoms. The van der Waals surface area contributed by atoms with Crippen molar-refractivity contribution in [3.8, 4) is 0 Å². The van der Waals surface area contributed by atoms with Gasteiger partial charge in [0.05, 0.1) is 0 Å². The maximum Gasteiger partial charge on any atom is 0.0128 e. The minimum Gasteiger partial charge on any atom is -0.0755 e. The molecule has 0 heterocycles. The molecule has 0 fully saturated rings. The fourth-order valence-corrected chi connectivity index (χ4v) is 0.669. The topological polar surface area (TPSA) is 0 Å². The van der Waals surface area contributed by atoms with Gasteiger partial charge in [-0.1, -0.05) is 19.1 Å². The van der Waals surface area contributed by atoms with E-state index in [0.29, 0.717) is 0 Å². The number of hydrogen-bond acceptors (Lipinski definition) is 0. The highest BCUT2D eigenvalue weighted by atomic mass is 14.0. The maximum atomic E-state index is 3.14. The Bertz CT molecular complexity index is 118. The zero-order valence-electron chi connectivity index (χ0n) is 5.07. The van der Waals surface area contributed by atoms with Crippen LogP contribution in [0.15, 0.2) is 17.7 Å². The molecule has 41 valence electrons. The van der Waals surface area contributed by atoms with Crippen LogP contribution in [0.3, 0.4) is 0 Å². The molecule has 8 heavy (non-hydrogen) atoms. The Kier molecular flexibility index (Phi) is 1.90. The Morgan fingerprint density at radius 1 is 1.75 bits per heavy atom. The standard InChI is InChI=1S/C8H9/c1-2-8-6-4-3-5-7-8/h4,7H,2-3H2,1H3. The highest BCUT2D eigenvalue weighted by molar-refractivity contribution is 5.21. The van der Waals surface area contributed by atoms with Gasteiger partial charge < -0.3 is 0 Å². The monoisotopic (exact) mass is 105 g/mol. The van der Waals surface area contributed by atoms with E-state index < -0.39 is 0 Å². The van der Waals surface area contributed by atoms with Gasteiger partial charge in [0.1, 0.15) is 0 Å². The van der Waals surface area contributed by atoms with E-state index in [1.807, 2.05) is 12.2 Å². The molecule has 0 spiro atoms. The van der Waals surface area contributed by atoms with Gasteiger partial charge in [0, 0.05) is 6.42 Å². The second-order valence-corrected chi connectivity index (χ2v) is 1.78. The largest absolute Gasteiger partial charge is 0.0755 e. The molecule has 0 atom stereocenters. The average molecular weight is 105 g/mol. The Labute approximate surface area is 50.9 Å². The highest BCUT2D eigenvalue weighted by Crippen LogP contribution is 2.09. The lowest BCUT2D eigenvalue weighted by molar-refractivity contribution is 1.09. The highest BCUT2D eigenvalue weighted by Gasteiger charge is 1.92. The molecule has 0 aromatic heterocycles. The first-order valence-electron chi connectivity index (χ1n) is 2.94. The van der Waals surface area contributed by atoms with E-state index in [4.69, 9.17) is 0 Å². The smallest absolute Gasteiger partial charge is 0.0128 e. The van der Waals surface area contributed by atoms with Crippen molar-refractivity contribution in [3.05, 3.63) is 30.2 Å². The summed E-state index contributed by atoms with van der Waals surface area (Å²) >= 11 is 0. The molecule has 0 unspecified atom stereocenters. The van der Waals surface area contributed by atoms with Crippen LogP contribution >= 0.6 is 0 Å². The van der Waals surface area contributed by atoms with E-state index in [-0.39, 0.29) is 0 Å². The lowest BCUT2D eigenvalue weighted by Gasteiger charge is -1.99. The van der Waals surface area contributed by atoms with E-state index in [1.54, 1.807) is 0 Å². The third-order valence-corrected chi connectivity index (χ3v) is 1.16. The molecular formula is C8H9. The van der Waals surface area contributed by atoms with Crippen LogP contribution in [0.4, 0.5) is 0 Å². The minimum atomic E-state index is 0.934. The van der Waals surface area contributed by atoms with Crippen LogP contribution in [-0.2, 0) is 0 Å². The van der Waals surface area contributed by atoms with Crippen LogP contribution in [0.1, 0.15) is 19.8 Å². The predicted molar refractivity (Wildman–Crippen MR) is 34.0 cm³/mol. The van der Waals surface area contributed by atoms with Gasteiger partial charge in [-0.05, 0) is 24.5 Å². The van der Waals surface area contributed by atoms with Crippen LogP contribution < -0.4 is 0 Å². The van der Waals surface area contributed by atoms with Crippen molar-refractivity contribution in [1.29, 1.82) is 0 Å². The quantitative estimate of drug-likeness (QED) is 0.479. The lowest BCUT2D eigenvalue weighted by atomic mass is 10.1. The predicted octanol–water partition coefficient (Wildman–Crippen LogP) is 2.17. The van der Waals surface area contributed by atoms with Crippen LogP contribution in [0.5, 0.6) is 0 Å². The van der Waals surface area contributed by atoms with Crippen LogP contribution in [-0.4, -0.2) is 0 Å². The third-order valence-electron chi connectivity index (χ3n) is 1.16. The first-order valence-corrected chi connectivity index (χ1v) is 2.94. The third kappa shape index (κ3) is 1.22. The van der Waals surface area contributed by atoms with Crippen molar-refractivity contribution >= 4 is 0 Å². The molecule has 1 aliphatic rings. The summed E-state index contributed by atoms with van der Waals surface area (Å²) in [5, 5.41) is 0. The summed E-state index contributed by atoms with van der Waals surface area (Å²) in [5.74, 6) is 0. The normalized spacial score (nSPS) is 18.4. The molecule has 0 saturated heterocycles. The molecular weight excluding hydrogens is 96.1 g/mol. The average Bonchev–Trinajstić information content (AvgIpc) is 1.90. The zero-order valence-corrected chi connectivity index (χ0v) is 5.07. The second-order valence-electron chi connectivity index (χ2n) is 1.78. The van der Waals surface area contributed by atoms with Crippen LogP contribution in [0.25, 0.3) is 0 Å². The van der Waals surface area contributed by atoms with E-state index in [9.17, 15) is 0 Å². The lowest BCUT2D eigenvalue weighted by Crippen LogP contribution is -1.82. The van der Waals surface area contributed by atoms with Gasteiger partial charge in [0.25, 0.3) is 0 Å². The van der Waals surface area contributed by atoms with Gasteiger partial charge in [-0.2, -0.15) is 0 Å². The summed E-state index contributed by atoms with van der Waals surface area (Å²) in [4.78, 5) is 0. The molecule has 0 saturated carbocycles. The van der Waals surface area contributed by atoms with Crippen molar-refractivity contribution in [3.63, 3.8) is 0 Å². The Morgan fingerprint density at radius 3 is 3.00 bits per heavy atom. The summed E-state index contributed by atoms with van der Waals surface area (Å²) in [6.07, 6.45) is 12.3. The van der Waals surface area contributed by atoms with Gasteiger partial charge in [-0.3, -0.25) is 0 Å². The number of hydrogen-bond donors (Lipinski definition) is 0. The second kappa shape index (κ2) is 2.71. The fourth-order valence-electron chi connectivity index (χ4n) is 0.669. The number of allylic oxidation sites excluding steroid dienone is 4. The van der Waals surface area contributed by atoms with Gasteiger partial charge in [0.2, 0.25) is 0 Å². The van der Waals surface area contributed by atoms with Crippen molar-refractivity contribution in [2.75, 3.05) is 0 Å². The molecule has 0 bridgehead atoms. The van der Waals surface area contributed by atoms with Gasteiger partial charge >= 0.3 is 0 Å². The molecule has 0 amide bonds. The van der Waals surface area contributed by atoms with Crippen molar-refractivity contribution in [2.24, 2.45) is 0 Å². The van der Waals surface area contributed by atoms with Crippen molar-refractivity contribution in [1.82, 2.24) is 0 Å². The molecule has 0 aliphatic heterocycles. The SMILES string of the molecule is CCC1=C[C]CC=[C]1. The Morgan fingerprint density at radius 2 is 2.62 bits per heavy atom. The maximum absolute atomic E-state index is 3.14. The van der Waals surface area contributed by atoms with Crippen LogP contribution in [0, 0.1) is 12.5 Å². The summed E-state index contributed by atoms with van der Waals surface area (Å²) in [5.41, 5.74) is 1.26. The molecule has 3 radical (unpaired) electrons. The van der Waals surface area contributed by atoms with E-state index in [0.717, 1.165) is 12.8 Å². The molecule has 0 N–H and O–H groups in total. The van der Waals surface area contributed by atoms with Crippen LogP contribution in [0.2, 0.25) is 0 Å². The summed E-state index contributed by atoms with van der Waals surface area (Å²) in [6, 6.07) is 0. The first-order chi connectivity index (χ1) is 3.93. The minimum absolute atomic E-state index is 0.934. The van der Waals surface area contributed by atoms with Gasteiger partial charge in [-0.25, -0.2) is 0 Å². The van der Waals surface area contributed by atoms with Crippen molar-refractivity contribution in [2.45, 2.75) is 19.8 Å². The van der Waals surface area contributed by atoms with Gasteiger partial charge in [-0.15, -0.1) is 0 Å². The van der Waals surface area contributed by atoms with E-state index >= 15 is 0 Å². The first kappa shape index (κ1) is 5.61. The molecule has 0 nitrogen and oxygen atoms in total. The molecule has 0 aromatic rings. The Hall–Kier alpha value is -0.520. The zero-order chi connectivity index (χ0) is 5.82. The van der Waals surface area contributed by atoms with Gasteiger partial charge in [0.15, 0.2) is 0 Å². The summed E-state index contributed by atoms with van der Waals surface area (Å²) in [7, 11) is 0. The molecule has 0 aromatic carbocycles. The fraction of sp³-hybridized carbons (Fsp3) is 0.375. The van der Waals surface area contributed by atoms with Crippen molar-refractivity contribution < 1.29 is 0 Å². The number of rotatable bonds is 1. The Balaban J connectivity index is 2.51. The molecule has 1 rings (SSSR count). The summed E-state index contributed by atoms with van der Waals surface area (Å²) < 4.78 is 0.